The van der Waals surface area contributed by atoms with Gasteiger partial charge >= 0.3 is 6.09 Å². The summed E-state index contributed by atoms with van der Waals surface area (Å²) in [6.45, 7) is 7.21. The Balaban J connectivity index is 1.90. The fraction of sp³-hybridized carbons (Fsp3) is 0.600. The SMILES string of the molecule is CC(C)(C)OC(=O)N1CCC[C@H](Sc2ccccn2)C1. The molecule has 0 N–H and O–H groups in total. The van der Waals surface area contributed by atoms with Gasteiger partial charge in [-0.05, 0) is 45.7 Å². The summed E-state index contributed by atoms with van der Waals surface area (Å²) in [7, 11) is 0. The number of rotatable bonds is 2. The molecule has 110 valence electrons. The van der Waals surface area contributed by atoms with Crippen LogP contribution in [0.25, 0.3) is 0 Å². The number of hydrogen-bond donors (Lipinski definition) is 0. The van der Waals surface area contributed by atoms with Crippen molar-refractivity contribution in [3.05, 3.63) is 24.4 Å². The fourth-order valence-electron chi connectivity index (χ4n) is 2.11. The van der Waals surface area contributed by atoms with Gasteiger partial charge in [-0.2, -0.15) is 0 Å². The van der Waals surface area contributed by atoms with Crippen molar-refractivity contribution in [1.82, 2.24) is 9.88 Å². The number of carbonyl (C=O) groups is 1. The van der Waals surface area contributed by atoms with Crippen LogP contribution in [0, 0.1) is 0 Å². The maximum atomic E-state index is 12.1. The summed E-state index contributed by atoms with van der Waals surface area (Å²) in [6, 6.07) is 5.92. The minimum Gasteiger partial charge on any atom is -0.444 e. The summed E-state index contributed by atoms with van der Waals surface area (Å²) in [5.74, 6) is 0. The normalized spacial score (nSPS) is 19.8. The zero-order valence-electron chi connectivity index (χ0n) is 12.3. The highest BCUT2D eigenvalue weighted by molar-refractivity contribution is 7.99. The lowest BCUT2D eigenvalue weighted by molar-refractivity contribution is 0.0220. The maximum Gasteiger partial charge on any atom is 0.410 e. The van der Waals surface area contributed by atoms with Gasteiger partial charge in [-0.15, -0.1) is 11.8 Å². The van der Waals surface area contributed by atoms with Crippen molar-refractivity contribution in [3.8, 4) is 0 Å². The van der Waals surface area contributed by atoms with Crippen molar-refractivity contribution in [2.75, 3.05) is 13.1 Å². The van der Waals surface area contributed by atoms with Crippen LogP contribution in [0.2, 0.25) is 0 Å². The molecule has 0 radical (unpaired) electrons. The second-order valence-corrected chi connectivity index (χ2v) is 7.30. The molecule has 1 aliphatic heterocycles. The summed E-state index contributed by atoms with van der Waals surface area (Å²) in [4.78, 5) is 18.2. The van der Waals surface area contributed by atoms with E-state index in [1.807, 2.05) is 43.9 Å². The third kappa shape index (κ3) is 4.71. The van der Waals surface area contributed by atoms with E-state index in [-0.39, 0.29) is 6.09 Å². The Bertz CT molecular complexity index is 445. The van der Waals surface area contributed by atoms with Gasteiger partial charge in [0.1, 0.15) is 5.60 Å². The highest BCUT2D eigenvalue weighted by Crippen LogP contribution is 2.28. The summed E-state index contributed by atoms with van der Waals surface area (Å²) < 4.78 is 5.44. The van der Waals surface area contributed by atoms with Gasteiger partial charge in [0.25, 0.3) is 0 Å². The molecule has 0 spiro atoms. The molecule has 0 aliphatic carbocycles. The minimum atomic E-state index is -0.432. The predicted molar refractivity (Wildman–Crippen MR) is 80.9 cm³/mol. The smallest absolute Gasteiger partial charge is 0.410 e. The van der Waals surface area contributed by atoms with Crippen molar-refractivity contribution >= 4 is 17.9 Å². The van der Waals surface area contributed by atoms with Gasteiger partial charge in [-0.1, -0.05) is 6.07 Å². The Labute approximate surface area is 124 Å². The molecule has 1 atom stereocenters. The Morgan fingerprint density at radius 3 is 2.90 bits per heavy atom. The molecule has 4 nitrogen and oxygen atoms in total. The Hall–Kier alpha value is -1.23. The lowest BCUT2D eigenvalue weighted by Crippen LogP contribution is -2.43. The van der Waals surface area contributed by atoms with Gasteiger partial charge in [0.2, 0.25) is 0 Å². The molecule has 1 aromatic heterocycles. The highest BCUT2D eigenvalue weighted by atomic mass is 32.2. The van der Waals surface area contributed by atoms with Crippen LogP contribution in [-0.2, 0) is 4.74 Å². The average molecular weight is 294 g/mol. The van der Waals surface area contributed by atoms with Crippen LogP contribution in [0.4, 0.5) is 4.79 Å². The van der Waals surface area contributed by atoms with Crippen LogP contribution >= 0.6 is 11.8 Å². The largest absolute Gasteiger partial charge is 0.444 e. The lowest BCUT2D eigenvalue weighted by atomic mass is 10.1. The molecule has 2 heterocycles. The van der Waals surface area contributed by atoms with E-state index in [9.17, 15) is 4.79 Å². The molecule has 2 rings (SSSR count). The third-order valence-electron chi connectivity index (χ3n) is 2.96. The number of amides is 1. The average Bonchev–Trinajstić information content (AvgIpc) is 2.38. The Morgan fingerprint density at radius 1 is 1.45 bits per heavy atom. The second-order valence-electron chi connectivity index (χ2n) is 5.98. The van der Waals surface area contributed by atoms with Crippen LogP contribution in [0.5, 0.6) is 0 Å². The summed E-state index contributed by atoms with van der Waals surface area (Å²) in [6.07, 6.45) is 3.73. The van der Waals surface area contributed by atoms with Crippen LogP contribution < -0.4 is 0 Å². The van der Waals surface area contributed by atoms with Gasteiger partial charge in [-0.3, -0.25) is 0 Å². The standard InChI is InChI=1S/C15H22N2O2S/c1-15(2,3)19-14(18)17-10-6-7-12(11-17)20-13-8-4-5-9-16-13/h4-5,8-9,12H,6-7,10-11H2,1-3H3/t12-/m0/s1. The summed E-state index contributed by atoms with van der Waals surface area (Å²) in [5.41, 5.74) is -0.432. The van der Waals surface area contributed by atoms with E-state index in [0.717, 1.165) is 31.0 Å². The molecule has 5 heteroatoms. The number of hydrogen-bond acceptors (Lipinski definition) is 4. The zero-order chi connectivity index (χ0) is 14.6. The van der Waals surface area contributed by atoms with Gasteiger partial charge < -0.3 is 9.64 Å². The number of piperidine rings is 1. The molecule has 0 unspecified atom stereocenters. The lowest BCUT2D eigenvalue weighted by Gasteiger charge is -2.33. The van der Waals surface area contributed by atoms with Crippen LogP contribution in [-0.4, -0.2) is 39.9 Å². The molecule has 20 heavy (non-hydrogen) atoms. The van der Waals surface area contributed by atoms with Crippen LogP contribution in [0.1, 0.15) is 33.6 Å². The van der Waals surface area contributed by atoms with Crippen molar-refractivity contribution in [3.63, 3.8) is 0 Å². The van der Waals surface area contributed by atoms with E-state index in [2.05, 4.69) is 4.98 Å². The van der Waals surface area contributed by atoms with E-state index in [0.29, 0.717) is 5.25 Å². The molecule has 1 saturated heterocycles. The fourth-order valence-corrected chi connectivity index (χ4v) is 3.27. The number of nitrogens with zero attached hydrogens (tertiary/aromatic N) is 2. The molecule has 0 bridgehead atoms. The van der Waals surface area contributed by atoms with Crippen molar-refractivity contribution in [2.45, 2.75) is 49.5 Å². The van der Waals surface area contributed by atoms with E-state index in [1.54, 1.807) is 18.0 Å². The Morgan fingerprint density at radius 2 is 2.25 bits per heavy atom. The van der Waals surface area contributed by atoms with Crippen LogP contribution in [0.15, 0.2) is 29.4 Å². The maximum absolute atomic E-state index is 12.1. The number of likely N-dealkylation sites (tertiary alicyclic amines) is 1. The first kappa shape index (κ1) is 15.2. The minimum absolute atomic E-state index is 0.205. The molecule has 0 saturated carbocycles. The number of thioether (sulfide) groups is 1. The first-order chi connectivity index (χ1) is 9.44. The number of ether oxygens (including phenoxy) is 1. The predicted octanol–water partition coefficient (Wildman–Crippen LogP) is 3.57. The third-order valence-corrected chi connectivity index (χ3v) is 4.16. The van der Waals surface area contributed by atoms with Crippen molar-refractivity contribution in [2.24, 2.45) is 0 Å². The molecule has 1 aromatic rings. The number of carbonyl (C=O) groups excluding carboxylic acids is 1. The van der Waals surface area contributed by atoms with Gasteiger partial charge in [-0.25, -0.2) is 9.78 Å². The highest BCUT2D eigenvalue weighted by Gasteiger charge is 2.28. The number of aromatic nitrogens is 1. The first-order valence-electron chi connectivity index (χ1n) is 7.00. The first-order valence-corrected chi connectivity index (χ1v) is 7.87. The molecule has 1 amide bonds. The van der Waals surface area contributed by atoms with Gasteiger partial charge in [0, 0.05) is 24.5 Å². The van der Waals surface area contributed by atoms with Gasteiger partial charge in [0.15, 0.2) is 0 Å². The summed E-state index contributed by atoms with van der Waals surface area (Å²) >= 11 is 1.74. The second kappa shape index (κ2) is 6.48. The van der Waals surface area contributed by atoms with E-state index >= 15 is 0 Å². The summed E-state index contributed by atoms with van der Waals surface area (Å²) in [5, 5.41) is 1.41. The quantitative estimate of drug-likeness (QED) is 0.836. The monoisotopic (exact) mass is 294 g/mol. The molecule has 1 fully saturated rings. The molecular formula is C15H22N2O2S. The molecule has 0 aromatic carbocycles. The van der Waals surface area contributed by atoms with Crippen LogP contribution in [0.3, 0.4) is 0 Å². The van der Waals surface area contributed by atoms with Crippen molar-refractivity contribution < 1.29 is 9.53 Å². The topological polar surface area (TPSA) is 42.4 Å². The van der Waals surface area contributed by atoms with Crippen molar-refractivity contribution in [1.29, 1.82) is 0 Å². The number of pyridine rings is 1. The zero-order valence-corrected chi connectivity index (χ0v) is 13.2. The Kier molecular flexibility index (Phi) is 4.91. The van der Waals surface area contributed by atoms with E-state index in [4.69, 9.17) is 4.74 Å². The van der Waals surface area contributed by atoms with E-state index in [1.165, 1.54) is 0 Å². The van der Waals surface area contributed by atoms with Gasteiger partial charge in [0.05, 0.1) is 5.03 Å². The molecule has 1 aliphatic rings. The van der Waals surface area contributed by atoms with E-state index < -0.39 is 5.60 Å². The molecular weight excluding hydrogens is 272 g/mol.